The van der Waals surface area contributed by atoms with Gasteiger partial charge in [0.05, 0.1) is 28.6 Å². The van der Waals surface area contributed by atoms with Crippen LogP contribution in [0.25, 0.3) is 0 Å². The standard InChI is InChI=1S/C14H12Cl2FN3O/c1-8(10-4-3-9(21-2)5-13(10)17)19-20-14-11(15)6-18-7-12(14)16/h3-7H,1-2H3,(H,18,20)/b19-8-. The number of halogens is 3. The van der Waals surface area contributed by atoms with Crippen molar-refractivity contribution >= 4 is 34.6 Å². The van der Waals surface area contributed by atoms with Crippen molar-refractivity contribution in [3.63, 3.8) is 0 Å². The van der Waals surface area contributed by atoms with Crippen LogP contribution in [-0.4, -0.2) is 17.8 Å². The first kappa shape index (κ1) is 15.5. The van der Waals surface area contributed by atoms with Gasteiger partial charge in [0, 0.05) is 24.0 Å². The maximum Gasteiger partial charge on any atom is 0.135 e. The molecule has 110 valence electrons. The van der Waals surface area contributed by atoms with E-state index >= 15 is 0 Å². The molecule has 0 fully saturated rings. The summed E-state index contributed by atoms with van der Waals surface area (Å²) < 4.78 is 18.9. The lowest BCUT2D eigenvalue weighted by Gasteiger charge is -2.08. The van der Waals surface area contributed by atoms with E-state index in [9.17, 15) is 4.39 Å². The quantitative estimate of drug-likeness (QED) is 0.669. The highest BCUT2D eigenvalue weighted by atomic mass is 35.5. The molecule has 0 spiro atoms. The van der Waals surface area contributed by atoms with Crippen molar-refractivity contribution in [3.8, 4) is 5.75 Å². The van der Waals surface area contributed by atoms with Gasteiger partial charge in [-0.25, -0.2) is 4.39 Å². The van der Waals surface area contributed by atoms with Crippen LogP contribution in [0.15, 0.2) is 35.7 Å². The van der Waals surface area contributed by atoms with E-state index in [0.29, 0.717) is 32.8 Å². The number of nitrogens with zero attached hydrogens (tertiary/aromatic N) is 2. The Morgan fingerprint density at radius 1 is 1.29 bits per heavy atom. The molecule has 0 aliphatic heterocycles. The van der Waals surface area contributed by atoms with Gasteiger partial charge >= 0.3 is 0 Å². The topological polar surface area (TPSA) is 46.5 Å². The molecule has 1 aromatic carbocycles. The maximum absolute atomic E-state index is 13.9. The van der Waals surface area contributed by atoms with Gasteiger partial charge in [0.15, 0.2) is 0 Å². The summed E-state index contributed by atoms with van der Waals surface area (Å²) in [4.78, 5) is 3.84. The van der Waals surface area contributed by atoms with Crippen molar-refractivity contribution in [2.45, 2.75) is 6.92 Å². The number of aromatic nitrogens is 1. The van der Waals surface area contributed by atoms with Gasteiger partial charge in [-0.2, -0.15) is 5.10 Å². The molecule has 0 saturated carbocycles. The largest absolute Gasteiger partial charge is 0.497 e. The molecule has 7 heteroatoms. The molecule has 0 unspecified atom stereocenters. The zero-order valence-electron chi connectivity index (χ0n) is 11.3. The Morgan fingerprint density at radius 3 is 2.52 bits per heavy atom. The number of anilines is 1. The number of benzene rings is 1. The first-order chi connectivity index (χ1) is 10.0. The third-order valence-corrected chi connectivity index (χ3v) is 3.33. The molecule has 0 aliphatic carbocycles. The SMILES string of the molecule is COc1ccc(/C(C)=N\Nc2c(Cl)cncc2Cl)c(F)c1. The van der Waals surface area contributed by atoms with Crippen molar-refractivity contribution in [1.29, 1.82) is 0 Å². The van der Waals surface area contributed by atoms with Crippen LogP contribution >= 0.6 is 23.2 Å². The molecule has 0 aliphatic rings. The summed E-state index contributed by atoms with van der Waals surface area (Å²) in [5.41, 5.74) is 3.93. The molecule has 0 radical (unpaired) electrons. The van der Waals surface area contributed by atoms with Crippen LogP contribution in [-0.2, 0) is 0 Å². The number of hydrogen-bond acceptors (Lipinski definition) is 4. The third kappa shape index (κ3) is 3.62. The summed E-state index contributed by atoms with van der Waals surface area (Å²) in [6.07, 6.45) is 2.88. The predicted molar refractivity (Wildman–Crippen MR) is 83.0 cm³/mol. The van der Waals surface area contributed by atoms with Crippen LogP contribution in [0.5, 0.6) is 5.75 Å². The van der Waals surface area contributed by atoms with E-state index < -0.39 is 5.82 Å². The number of rotatable bonds is 4. The fourth-order valence-electron chi connectivity index (χ4n) is 1.63. The molecular weight excluding hydrogens is 316 g/mol. The molecule has 0 saturated heterocycles. The van der Waals surface area contributed by atoms with Crippen LogP contribution in [0.2, 0.25) is 10.0 Å². The van der Waals surface area contributed by atoms with Gasteiger partial charge in [-0.15, -0.1) is 0 Å². The molecule has 0 bridgehead atoms. The number of pyridine rings is 1. The Labute approximate surface area is 131 Å². The normalized spacial score (nSPS) is 11.4. The lowest BCUT2D eigenvalue weighted by Crippen LogP contribution is -2.03. The zero-order valence-corrected chi connectivity index (χ0v) is 12.8. The van der Waals surface area contributed by atoms with Crippen LogP contribution < -0.4 is 10.2 Å². The van der Waals surface area contributed by atoms with Gasteiger partial charge in [0.25, 0.3) is 0 Å². The monoisotopic (exact) mass is 327 g/mol. The highest BCUT2D eigenvalue weighted by Gasteiger charge is 2.09. The van der Waals surface area contributed by atoms with Crippen LogP contribution in [0.3, 0.4) is 0 Å². The smallest absolute Gasteiger partial charge is 0.135 e. The van der Waals surface area contributed by atoms with Gasteiger partial charge in [-0.3, -0.25) is 10.4 Å². The molecule has 2 aromatic rings. The van der Waals surface area contributed by atoms with E-state index in [0.717, 1.165) is 0 Å². The van der Waals surface area contributed by atoms with Crippen molar-refractivity contribution < 1.29 is 9.13 Å². The second-order valence-electron chi connectivity index (χ2n) is 4.13. The average molecular weight is 328 g/mol. The summed E-state index contributed by atoms with van der Waals surface area (Å²) in [5, 5.41) is 4.75. The van der Waals surface area contributed by atoms with E-state index in [1.54, 1.807) is 19.1 Å². The molecule has 21 heavy (non-hydrogen) atoms. The van der Waals surface area contributed by atoms with Crippen molar-refractivity contribution in [2.24, 2.45) is 5.10 Å². The lowest BCUT2D eigenvalue weighted by atomic mass is 10.1. The molecule has 0 amide bonds. The second-order valence-corrected chi connectivity index (χ2v) is 4.95. The van der Waals surface area contributed by atoms with Crippen LogP contribution in [0.1, 0.15) is 12.5 Å². The Balaban J connectivity index is 2.26. The summed E-state index contributed by atoms with van der Waals surface area (Å²) in [6.45, 7) is 1.67. The summed E-state index contributed by atoms with van der Waals surface area (Å²) in [6, 6.07) is 4.54. The number of hydrogen-bond donors (Lipinski definition) is 1. The van der Waals surface area contributed by atoms with Crippen LogP contribution in [0.4, 0.5) is 10.1 Å². The first-order valence-corrected chi connectivity index (χ1v) is 6.71. The number of ether oxygens (including phenoxy) is 1. The average Bonchev–Trinajstić information content (AvgIpc) is 2.46. The molecule has 1 N–H and O–H groups in total. The minimum Gasteiger partial charge on any atom is -0.497 e. The van der Waals surface area contributed by atoms with E-state index in [2.05, 4.69) is 15.5 Å². The molecule has 0 atom stereocenters. The Morgan fingerprint density at radius 2 is 1.95 bits per heavy atom. The van der Waals surface area contributed by atoms with Crippen LogP contribution in [0, 0.1) is 5.82 Å². The Kier molecular flexibility index (Phi) is 4.98. The fourth-order valence-corrected chi connectivity index (χ4v) is 2.08. The molecular formula is C14H12Cl2FN3O. The van der Waals surface area contributed by atoms with Crippen molar-refractivity contribution in [3.05, 3.63) is 52.0 Å². The highest BCUT2D eigenvalue weighted by molar-refractivity contribution is 6.38. The van der Waals surface area contributed by atoms with E-state index in [1.165, 1.54) is 25.6 Å². The minimum absolute atomic E-state index is 0.328. The van der Waals surface area contributed by atoms with Gasteiger partial charge in [0.1, 0.15) is 11.6 Å². The zero-order chi connectivity index (χ0) is 15.4. The maximum atomic E-state index is 13.9. The van der Waals surface area contributed by atoms with Gasteiger partial charge in [-0.1, -0.05) is 23.2 Å². The molecule has 4 nitrogen and oxygen atoms in total. The predicted octanol–water partition coefficient (Wildman–Crippen LogP) is 4.37. The van der Waals surface area contributed by atoms with E-state index in [-0.39, 0.29) is 0 Å². The minimum atomic E-state index is -0.427. The Hall–Kier alpha value is -1.85. The summed E-state index contributed by atoms with van der Waals surface area (Å²) >= 11 is 11.9. The van der Waals surface area contributed by atoms with Gasteiger partial charge in [-0.05, 0) is 19.1 Å². The number of methoxy groups -OCH3 is 1. The lowest BCUT2D eigenvalue weighted by molar-refractivity contribution is 0.411. The summed E-state index contributed by atoms with van der Waals surface area (Å²) in [7, 11) is 1.48. The number of nitrogens with one attached hydrogen (secondary N) is 1. The highest BCUT2D eigenvalue weighted by Crippen LogP contribution is 2.28. The van der Waals surface area contributed by atoms with Crippen molar-refractivity contribution in [1.82, 2.24) is 4.98 Å². The van der Waals surface area contributed by atoms with E-state index in [1.807, 2.05) is 0 Å². The third-order valence-electron chi connectivity index (χ3n) is 2.75. The molecule has 1 heterocycles. The second kappa shape index (κ2) is 6.74. The molecule has 1 aromatic heterocycles. The van der Waals surface area contributed by atoms with Gasteiger partial charge < -0.3 is 4.74 Å². The Bertz CT molecular complexity index is 672. The van der Waals surface area contributed by atoms with E-state index in [4.69, 9.17) is 27.9 Å². The molecule has 2 rings (SSSR count). The van der Waals surface area contributed by atoms with Gasteiger partial charge in [0.2, 0.25) is 0 Å². The fraction of sp³-hybridized carbons (Fsp3) is 0.143. The first-order valence-electron chi connectivity index (χ1n) is 5.96. The van der Waals surface area contributed by atoms with Crippen molar-refractivity contribution in [2.75, 3.05) is 12.5 Å². The summed E-state index contributed by atoms with van der Waals surface area (Å²) in [5.74, 6) is 0.0153. The number of hydrazone groups is 1.